The van der Waals surface area contributed by atoms with Gasteiger partial charge in [-0.3, -0.25) is 9.59 Å². The molecular formula is C14H16ClNO3. The third kappa shape index (κ3) is 3.14. The molecule has 5 heteroatoms. The molecule has 19 heavy (non-hydrogen) atoms. The molecule has 2 unspecified atom stereocenters. The quantitative estimate of drug-likeness (QED) is 0.842. The largest absolute Gasteiger partial charge is 0.481 e. The second kappa shape index (κ2) is 5.31. The molecule has 0 saturated heterocycles. The summed E-state index contributed by atoms with van der Waals surface area (Å²) in [6.45, 7) is 0.703. The van der Waals surface area contributed by atoms with E-state index in [9.17, 15) is 9.59 Å². The van der Waals surface area contributed by atoms with Crippen molar-refractivity contribution in [3.8, 4) is 0 Å². The number of halogens is 1. The highest BCUT2D eigenvalue weighted by molar-refractivity contribution is 6.31. The Bertz CT molecular complexity index is 527. The molecule has 1 aliphatic rings. The van der Waals surface area contributed by atoms with Crippen LogP contribution >= 0.6 is 11.6 Å². The Hall–Kier alpha value is -1.39. The van der Waals surface area contributed by atoms with Gasteiger partial charge in [0.05, 0.1) is 5.92 Å². The van der Waals surface area contributed by atoms with Crippen molar-refractivity contribution in [3.63, 3.8) is 0 Å². The monoisotopic (exact) mass is 281 g/mol. The summed E-state index contributed by atoms with van der Waals surface area (Å²) in [5.74, 6) is -1.92. The number of carbonyl (C=O) groups excluding carboxylic acids is 1. The van der Waals surface area contributed by atoms with E-state index >= 15 is 0 Å². The molecule has 2 atom stereocenters. The molecule has 0 amide bonds. The summed E-state index contributed by atoms with van der Waals surface area (Å²) in [5.41, 5.74) is 1.45. The van der Waals surface area contributed by atoms with Crippen LogP contribution in [0.3, 0.4) is 0 Å². The first-order valence-corrected chi connectivity index (χ1v) is 6.48. The smallest absolute Gasteiger partial charge is 0.307 e. The normalized spacial score (nSPS) is 21.5. The average Bonchev–Trinajstić information content (AvgIpc) is 3.10. The van der Waals surface area contributed by atoms with Crippen LogP contribution in [-0.4, -0.2) is 35.9 Å². The lowest BCUT2D eigenvalue weighted by molar-refractivity contribution is -0.138. The van der Waals surface area contributed by atoms with Crippen molar-refractivity contribution in [3.05, 3.63) is 34.3 Å². The van der Waals surface area contributed by atoms with Crippen LogP contribution in [0.2, 0.25) is 5.02 Å². The average molecular weight is 282 g/mol. The molecule has 0 bridgehead atoms. The van der Waals surface area contributed by atoms with Gasteiger partial charge in [0.1, 0.15) is 0 Å². The molecule has 0 radical (unpaired) electrons. The number of rotatable bonds is 5. The van der Waals surface area contributed by atoms with Crippen molar-refractivity contribution >= 4 is 23.4 Å². The lowest BCUT2D eigenvalue weighted by Gasteiger charge is -2.12. The van der Waals surface area contributed by atoms with Gasteiger partial charge in [0.25, 0.3) is 0 Å². The molecule has 0 spiro atoms. The standard InChI is InChI=1S/C14H16ClNO3/c1-16(2)7-9-4-3-8(5-12(9)15)13(17)10-6-11(10)14(18)19/h3-5,10-11H,6-7H2,1-2H3,(H,18,19). The summed E-state index contributed by atoms with van der Waals surface area (Å²) in [4.78, 5) is 24.8. The van der Waals surface area contributed by atoms with E-state index in [-0.39, 0.29) is 11.7 Å². The number of hydrogen-bond acceptors (Lipinski definition) is 3. The third-order valence-electron chi connectivity index (χ3n) is 3.27. The summed E-state index contributed by atoms with van der Waals surface area (Å²) in [6.07, 6.45) is 0.436. The molecule has 1 fully saturated rings. The van der Waals surface area contributed by atoms with Crippen LogP contribution in [0.1, 0.15) is 22.3 Å². The molecular weight excluding hydrogens is 266 g/mol. The van der Waals surface area contributed by atoms with E-state index in [1.807, 2.05) is 25.1 Å². The predicted octanol–water partition coefficient (Wildman–Crippen LogP) is 2.30. The lowest BCUT2D eigenvalue weighted by Crippen LogP contribution is -2.12. The first kappa shape index (κ1) is 14.0. The molecule has 1 N–H and O–H groups in total. The van der Waals surface area contributed by atoms with Gasteiger partial charge in [0.2, 0.25) is 0 Å². The number of hydrogen-bond donors (Lipinski definition) is 1. The Kier molecular flexibility index (Phi) is 3.92. The van der Waals surface area contributed by atoms with Gasteiger partial charge in [-0.25, -0.2) is 0 Å². The molecule has 0 aromatic heterocycles. The Morgan fingerprint density at radius 2 is 2.05 bits per heavy atom. The summed E-state index contributed by atoms with van der Waals surface area (Å²) in [6, 6.07) is 5.19. The minimum absolute atomic E-state index is 0.120. The van der Waals surface area contributed by atoms with Gasteiger partial charge < -0.3 is 10.0 Å². The number of carboxylic acids is 1. The SMILES string of the molecule is CN(C)Cc1ccc(C(=O)C2CC2C(=O)O)cc1Cl. The number of aliphatic carboxylic acids is 1. The Morgan fingerprint density at radius 3 is 2.53 bits per heavy atom. The van der Waals surface area contributed by atoms with Gasteiger partial charge in [-0.1, -0.05) is 23.7 Å². The highest BCUT2D eigenvalue weighted by Gasteiger charge is 2.48. The lowest BCUT2D eigenvalue weighted by atomic mass is 10.0. The number of carboxylic acid groups (broad SMARTS) is 1. The van der Waals surface area contributed by atoms with E-state index < -0.39 is 11.9 Å². The van der Waals surface area contributed by atoms with E-state index in [4.69, 9.17) is 16.7 Å². The summed E-state index contributed by atoms with van der Waals surface area (Å²) >= 11 is 6.15. The minimum atomic E-state index is -0.895. The van der Waals surface area contributed by atoms with E-state index in [1.165, 1.54) is 0 Å². The molecule has 2 rings (SSSR count). The van der Waals surface area contributed by atoms with Crippen molar-refractivity contribution in [2.24, 2.45) is 11.8 Å². The van der Waals surface area contributed by atoms with E-state index in [0.717, 1.165) is 5.56 Å². The maximum Gasteiger partial charge on any atom is 0.307 e. The number of Topliss-reactive ketones (excluding diaryl/α,β-unsaturated/α-hetero) is 1. The number of nitrogens with zero attached hydrogens (tertiary/aromatic N) is 1. The van der Waals surface area contributed by atoms with Crippen molar-refractivity contribution in [1.29, 1.82) is 0 Å². The molecule has 1 aromatic carbocycles. The molecule has 4 nitrogen and oxygen atoms in total. The van der Waals surface area contributed by atoms with Gasteiger partial charge >= 0.3 is 5.97 Å². The fourth-order valence-corrected chi connectivity index (χ4v) is 2.38. The van der Waals surface area contributed by atoms with Crippen molar-refractivity contribution in [2.75, 3.05) is 14.1 Å². The first-order chi connectivity index (χ1) is 8.90. The molecule has 1 aliphatic carbocycles. The van der Waals surface area contributed by atoms with Gasteiger partial charge in [0, 0.05) is 23.0 Å². The number of carbonyl (C=O) groups is 2. The Morgan fingerprint density at radius 1 is 1.37 bits per heavy atom. The van der Waals surface area contributed by atoms with Crippen LogP contribution in [0, 0.1) is 11.8 Å². The molecule has 0 aliphatic heterocycles. The summed E-state index contributed by atoms with van der Waals surface area (Å²) in [7, 11) is 3.88. The number of ketones is 1. The van der Waals surface area contributed by atoms with Crippen molar-refractivity contribution < 1.29 is 14.7 Å². The maximum atomic E-state index is 12.1. The third-order valence-corrected chi connectivity index (χ3v) is 3.62. The van der Waals surface area contributed by atoms with Crippen LogP contribution in [0.5, 0.6) is 0 Å². The maximum absolute atomic E-state index is 12.1. The van der Waals surface area contributed by atoms with Gasteiger partial charge in [-0.15, -0.1) is 0 Å². The molecule has 1 saturated carbocycles. The highest BCUT2D eigenvalue weighted by atomic mass is 35.5. The van der Waals surface area contributed by atoms with Crippen LogP contribution in [0.25, 0.3) is 0 Å². The zero-order valence-corrected chi connectivity index (χ0v) is 11.6. The number of benzene rings is 1. The molecule has 0 heterocycles. The van der Waals surface area contributed by atoms with Crippen LogP contribution in [-0.2, 0) is 11.3 Å². The fraction of sp³-hybridized carbons (Fsp3) is 0.429. The minimum Gasteiger partial charge on any atom is -0.481 e. The van der Waals surface area contributed by atoms with E-state index in [2.05, 4.69) is 0 Å². The van der Waals surface area contributed by atoms with E-state index in [0.29, 0.717) is 23.6 Å². The van der Waals surface area contributed by atoms with E-state index in [1.54, 1.807) is 12.1 Å². The highest BCUT2D eigenvalue weighted by Crippen LogP contribution is 2.41. The van der Waals surface area contributed by atoms with Crippen LogP contribution < -0.4 is 0 Å². The molecule has 102 valence electrons. The van der Waals surface area contributed by atoms with Crippen LogP contribution in [0.4, 0.5) is 0 Å². The van der Waals surface area contributed by atoms with Gasteiger partial charge in [-0.05, 0) is 32.1 Å². The second-order valence-electron chi connectivity index (χ2n) is 5.20. The zero-order valence-electron chi connectivity index (χ0n) is 10.9. The Balaban J connectivity index is 2.12. The zero-order chi connectivity index (χ0) is 14.2. The van der Waals surface area contributed by atoms with Crippen molar-refractivity contribution in [1.82, 2.24) is 4.90 Å². The predicted molar refractivity (Wildman–Crippen MR) is 72.4 cm³/mol. The summed E-state index contributed by atoms with van der Waals surface area (Å²) in [5, 5.41) is 9.38. The van der Waals surface area contributed by atoms with Gasteiger partial charge in [0.15, 0.2) is 5.78 Å². The first-order valence-electron chi connectivity index (χ1n) is 6.10. The fourth-order valence-electron chi connectivity index (χ4n) is 2.14. The second-order valence-corrected chi connectivity index (χ2v) is 5.60. The topological polar surface area (TPSA) is 57.6 Å². The molecule has 1 aromatic rings. The summed E-state index contributed by atoms with van der Waals surface area (Å²) < 4.78 is 0. The Labute approximate surface area is 117 Å². The van der Waals surface area contributed by atoms with Crippen LogP contribution in [0.15, 0.2) is 18.2 Å². The van der Waals surface area contributed by atoms with Gasteiger partial charge in [-0.2, -0.15) is 0 Å². The van der Waals surface area contributed by atoms with Crippen molar-refractivity contribution in [2.45, 2.75) is 13.0 Å².